The molecule has 1 aromatic carbocycles. The summed E-state index contributed by atoms with van der Waals surface area (Å²) in [7, 11) is 0. The SMILES string of the molecule is CC(=O)N[C@@H]1C(Oc2ccccc2)OC(CO)[C@H](O)C1O. The van der Waals surface area contributed by atoms with Crippen LogP contribution in [-0.4, -0.2) is 58.5 Å². The molecule has 0 radical (unpaired) electrons. The van der Waals surface area contributed by atoms with Crippen LogP contribution >= 0.6 is 0 Å². The maximum Gasteiger partial charge on any atom is 0.223 e. The van der Waals surface area contributed by atoms with Gasteiger partial charge in [-0.15, -0.1) is 0 Å². The second-order valence-electron chi connectivity index (χ2n) is 4.86. The number of para-hydroxylation sites is 1. The Balaban J connectivity index is 2.18. The summed E-state index contributed by atoms with van der Waals surface area (Å²) < 4.78 is 11.0. The summed E-state index contributed by atoms with van der Waals surface area (Å²) in [5.74, 6) is 0.0945. The molecule has 1 aliphatic rings. The van der Waals surface area contributed by atoms with Crippen LogP contribution in [0.15, 0.2) is 30.3 Å². The predicted molar refractivity (Wildman–Crippen MR) is 72.4 cm³/mol. The van der Waals surface area contributed by atoms with Gasteiger partial charge in [-0.3, -0.25) is 4.79 Å². The molecule has 1 fully saturated rings. The first-order valence-corrected chi connectivity index (χ1v) is 6.64. The van der Waals surface area contributed by atoms with Crippen LogP contribution in [0, 0.1) is 0 Å². The van der Waals surface area contributed by atoms with Crippen molar-refractivity contribution in [2.45, 2.75) is 37.6 Å². The average molecular weight is 297 g/mol. The van der Waals surface area contributed by atoms with Gasteiger partial charge >= 0.3 is 0 Å². The minimum absolute atomic E-state index is 0.390. The van der Waals surface area contributed by atoms with Crippen LogP contribution in [0.4, 0.5) is 0 Å². The molecular weight excluding hydrogens is 278 g/mol. The van der Waals surface area contributed by atoms with E-state index in [4.69, 9.17) is 9.47 Å². The van der Waals surface area contributed by atoms with Crippen LogP contribution in [0.5, 0.6) is 5.75 Å². The standard InChI is InChI=1S/C14H19NO6/c1-8(17)15-11-13(19)12(18)10(7-16)21-14(11)20-9-5-3-2-4-6-9/h2-6,10-14,16,18-19H,7H2,1H3,(H,15,17)/t10?,11-,12-,13?,14?/m0/s1. The highest BCUT2D eigenvalue weighted by Crippen LogP contribution is 2.24. The van der Waals surface area contributed by atoms with Crippen molar-refractivity contribution < 1.29 is 29.6 Å². The minimum atomic E-state index is -1.32. The number of carbonyl (C=O) groups is 1. The lowest BCUT2D eigenvalue weighted by Crippen LogP contribution is -2.65. The number of nitrogens with one attached hydrogen (secondary N) is 1. The van der Waals surface area contributed by atoms with Crippen LogP contribution in [0.1, 0.15) is 6.92 Å². The zero-order valence-corrected chi connectivity index (χ0v) is 11.5. The molecule has 3 unspecified atom stereocenters. The Bertz CT molecular complexity index is 468. The van der Waals surface area contributed by atoms with Gasteiger partial charge in [0.25, 0.3) is 0 Å². The monoisotopic (exact) mass is 297 g/mol. The van der Waals surface area contributed by atoms with Crippen molar-refractivity contribution in [1.82, 2.24) is 5.32 Å². The van der Waals surface area contributed by atoms with Gasteiger partial charge in [0.2, 0.25) is 12.2 Å². The Labute approximate surface area is 122 Å². The van der Waals surface area contributed by atoms with E-state index in [9.17, 15) is 20.1 Å². The van der Waals surface area contributed by atoms with Crippen LogP contribution in [-0.2, 0) is 9.53 Å². The summed E-state index contributed by atoms with van der Waals surface area (Å²) >= 11 is 0. The molecule has 1 heterocycles. The second-order valence-corrected chi connectivity index (χ2v) is 4.86. The van der Waals surface area contributed by atoms with E-state index in [1.165, 1.54) is 6.92 Å². The van der Waals surface area contributed by atoms with Crippen LogP contribution in [0.3, 0.4) is 0 Å². The molecule has 21 heavy (non-hydrogen) atoms. The molecule has 0 aliphatic carbocycles. The highest BCUT2D eigenvalue weighted by Gasteiger charge is 2.45. The predicted octanol–water partition coefficient (Wildman–Crippen LogP) is -0.991. The zero-order valence-electron chi connectivity index (χ0n) is 11.5. The van der Waals surface area contributed by atoms with Gasteiger partial charge in [-0.1, -0.05) is 18.2 Å². The largest absolute Gasteiger partial charge is 0.463 e. The second kappa shape index (κ2) is 6.86. The molecule has 1 aromatic rings. The normalized spacial score (nSPS) is 32.5. The number of ether oxygens (including phenoxy) is 2. The first-order valence-electron chi connectivity index (χ1n) is 6.64. The molecule has 0 bridgehead atoms. The van der Waals surface area contributed by atoms with E-state index in [1.54, 1.807) is 24.3 Å². The Morgan fingerprint density at radius 2 is 1.95 bits per heavy atom. The number of hydrogen-bond donors (Lipinski definition) is 4. The third-order valence-corrected chi connectivity index (χ3v) is 3.25. The number of rotatable bonds is 4. The molecule has 1 aliphatic heterocycles. The highest BCUT2D eigenvalue weighted by atomic mass is 16.7. The fourth-order valence-electron chi connectivity index (χ4n) is 2.20. The van der Waals surface area contributed by atoms with E-state index in [1.807, 2.05) is 6.07 Å². The molecule has 7 nitrogen and oxygen atoms in total. The minimum Gasteiger partial charge on any atom is -0.463 e. The maximum atomic E-state index is 11.2. The molecule has 5 atom stereocenters. The van der Waals surface area contributed by atoms with E-state index in [2.05, 4.69) is 5.32 Å². The molecule has 116 valence electrons. The van der Waals surface area contributed by atoms with Gasteiger partial charge < -0.3 is 30.1 Å². The highest BCUT2D eigenvalue weighted by molar-refractivity contribution is 5.73. The first-order chi connectivity index (χ1) is 10.0. The third-order valence-electron chi connectivity index (χ3n) is 3.25. The number of aliphatic hydroxyl groups is 3. The molecule has 4 N–H and O–H groups in total. The number of amides is 1. The Morgan fingerprint density at radius 3 is 2.52 bits per heavy atom. The lowest BCUT2D eigenvalue weighted by Gasteiger charge is -2.42. The smallest absolute Gasteiger partial charge is 0.223 e. The van der Waals surface area contributed by atoms with Crippen LogP contribution in [0.25, 0.3) is 0 Å². The van der Waals surface area contributed by atoms with Gasteiger partial charge in [0.15, 0.2) is 0 Å². The Kier molecular flexibility index (Phi) is 5.13. The maximum absolute atomic E-state index is 11.2. The van der Waals surface area contributed by atoms with Crippen molar-refractivity contribution in [1.29, 1.82) is 0 Å². The van der Waals surface area contributed by atoms with Crippen molar-refractivity contribution in [3.63, 3.8) is 0 Å². The molecule has 2 rings (SSSR count). The van der Waals surface area contributed by atoms with E-state index in [-0.39, 0.29) is 5.91 Å². The van der Waals surface area contributed by atoms with Crippen molar-refractivity contribution in [2.75, 3.05) is 6.61 Å². The first kappa shape index (κ1) is 15.7. The molecule has 0 aromatic heterocycles. The summed E-state index contributed by atoms with van der Waals surface area (Å²) in [6.07, 6.45) is -4.64. The number of aliphatic hydroxyl groups excluding tert-OH is 3. The van der Waals surface area contributed by atoms with E-state index >= 15 is 0 Å². The lowest BCUT2D eigenvalue weighted by atomic mass is 9.97. The van der Waals surface area contributed by atoms with Gasteiger partial charge in [-0.05, 0) is 12.1 Å². The van der Waals surface area contributed by atoms with Gasteiger partial charge in [0, 0.05) is 6.92 Å². The van der Waals surface area contributed by atoms with Gasteiger partial charge in [0.1, 0.15) is 30.1 Å². The molecule has 0 spiro atoms. The molecule has 0 saturated carbocycles. The summed E-state index contributed by atoms with van der Waals surface area (Å²) in [5.41, 5.74) is 0. The Morgan fingerprint density at radius 1 is 1.29 bits per heavy atom. The van der Waals surface area contributed by atoms with Crippen LogP contribution in [0.2, 0.25) is 0 Å². The molecule has 1 amide bonds. The summed E-state index contributed by atoms with van der Waals surface area (Å²) in [4.78, 5) is 11.2. The fraction of sp³-hybridized carbons (Fsp3) is 0.500. The summed E-state index contributed by atoms with van der Waals surface area (Å²) in [6, 6.07) is 7.79. The molecule has 1 saturated heterocycles. The van der Waals surface area contributed by atoms with Crippen molar-refractivity contribution in [2.24, 2.45) is 0 Å². The van der Waals surface area contributed by atoms with E-state index < -0.39 is 37.3 Å². The number of benzene rings is 1. The van der Waals surface area contributed by atoms with Crippen molar-refractivity contribution in [3.05, 3.63) is 30.3 Å². The molecule has 7 heteroatoms. The lowest BCUT2D eigenvalue weighted by molar-refractivity contribution is -0.244. The van der Waals surface area contributed by atoms with Crippen molar-refractivity contribution in [3.8, 4) is 5.75 Å². The van der Waals surface area contributed by atoms with E-state index in [0.717, 1.165) is 0 Å². The zero-order chi connectivity index (χ0) is 15.4. The fourth-order valence-corrected chi connectivity index (χ4v) is 2.20. The third kappa shape index (κ3) is 3.70. The quantitative estimate of drug-likeness (QED) is 0.568. The van der Waals surface area contributed by atoms with Gasteiger partial charge in [-0.25, -0.2) is 0 Å². The number of hydrogen-bond acceptors (Lipinski definition) is 6. The van der Waals surface area contributed by atoms with Gasteiger partial charge in [-0.2, -0.15) is 0 Å². The van der Waals surface area contributed by atoms with E-state index in [0.29, 0.717) is 5.75 Å². The Hall–Kier alpha value is -1.67. The topological polar surface area (TPSA) is 108 Å². The average Bonchev–Trinajstić information content (AvgIpc) is 2.47. The molecular formula is C14H19NO6. The van der Waals surface area contributed by atoms with Gasteiger partial charge in [0.05, 0.1) is 6.61 Å². The van der Waals surface area contributed by atoms with Crippen molar-refractivity contribution >= 4 is 5.91 Å². The summed E-state index contributed by atoms with van der Waals surface area (Å²) in [6.45, 7) is 0.816. The van der Waals surface area contributed by atoms with Crippen LogP contribution < -0.4 is 10.1 Å². The summed E-state index contributed by atoms with van der Waals surface area (Å²) in [5, 5.41) is 31.7. The number of carbonyl (C=O) groups excluding carboxylic acids is 1.